The molecular formula is C29H34N6O4. The molecule has 2 aliphatic heterocycles. The summed E-state index contributed by atoms with van der Waals surface area (Å²) in [5.74, 6) is 0.277. The number of carbonyl (C=O) groups is 3. The Morgan fingerprint density at radius 1 is 0.923 bits per heavy atom. The monoisotopic (exact) mass is 530 g/mol. The molecule has 10 heteroatoms. The number of aromatic nitrogens is 2. The lowest BCUT2D eigenvalue weighted by Gasteiger charge is -2.29. The summed E-state index contributed by atoms with van der Waals surface area (Å²) in [7, 11) is 1.59. The van der Waals surface area contributed by atoms with Crippen molar-refractivity contribution in [2.45, 2.75) is 38.5 Å². The van der Waals surface area contributed by atoms with Gasteiger partial charge in [-0.05, 0) is 87.2 Å². The van der Waals surface area contributed by atoms with Gasteiger partial charge in [-0.25, -0.2) is 4.68 Å². The van der Waals surface area contributed by atoms with E-state index in [9.17, 15) is 14.4 Å². The summed E-state index contributed by atoms with van der Waals surface area (Å²) in [4.78, 5) is 42.9. The fourth-order valence-electron chi connectivity index (χ4n) is 5.15. The third-order valence-electron chi connectivity index (χ3n) is 7.26. The third kappa shape index (κ3) is 5.37. The number of nitrogens with one attached hydrogen (secondary N) is 1. The fourth-order valence-corrected chi connectivity index (χ4v) is 5.15. The zero-order chi connectivity index (χ0) is 27.4. The van der Waals surface area contributed by atoms with Crippen LogP contribution in [0.1, 0.15) is 58.6 Å². The molecule has 0 bridgehead atoms. The molecule has 1 saturated heterocycles. The number of ether oxygens (including phenoxy) is 1. The van der Waals surface area contributed by atoms with Crippen LogP contribution in [0.3, 0.4) is 0 Å². The zero-order valence-electron chi connectivity index (χ0n) is 22.2. The van der Waals surface area contributed by atoms with Crippen molar-refractivity contribution in [3.63, 3.8) is 0 Å². The van der Waals surface area contributed by atoms with Crippen molar-refractivity contribution < 1.29 is 19.1 Å². The Morgan fingerprint density at radius 3 is 2.28 bits per heavy atom. The summed E-state index contributed by atoms with van der Waals surface area (Å²) < 4.78 is 6.83. The van der Waals surface area contributed by atoms with Gasteiger partial charge >= 0.3 is 0 Å². The average Bonchev–Trinajstić information content (AvgIpc) is 3.37. The van der Waals surface area contributed by atoms with Gasteiger partial charge in [0.25, 0.3) is 11.8 Å². The van der Waals surface area contributed by atoms with Gasteiger partial charge in [-0.1, -0.05) is 0 Å². The van der Waals surface area contributed by atoms with E-state index in [0.29, 0.717) is 61.7 Å². The molecule has 3 N–H and O–H groups in total. The van der Waals surface area contributed by atoms with Crippen molar-refractivity contribution in [1.82, 2.24) is 15.1 Å². The highest BCUT2D eigenvalue weighted by molar-refractivity contribution is 6.09. The van der Waals surface area contributed by atoms with E-state index in [1.807, 2.05) is 36.4 Å². The summed E-state index contributed by atoms with van der Waals surface area (Å²) in [6, 6.07) is 14.7. The van der Waals surface area contributed by atoms with Crippen LogP contribution in [0.5, 0.6) is 5.75 Å². The lowest BCUT2D eigenvalue weighted by molar-refractivity contribution is -0.119. The van der Waals surface area contributed by atoms with E-state index in [1.54, 1.807) is 33.7 Å². The zero-order valence-corrected chi connectivity index (χ0v) is 22.2. The quantitative estimate of drug-likeness (QED) is 0.410. The molecule has 0 saturated carbocycles. The van der Waals surface area contributed by atoms with E-state index in [1.165, 1.54) is 0 Å². The first kappa shape index (κ1) is 26.4. The normalized spacial score (nSPS) is 15.3. The number of anilines is 2. The molecule has 1 fully saturated rings. The molecule has 0 aliphatic carbocycles. The number of nitrogens with two attached hydrogens (primary N) is 1. The number of methoxy groups -OCH3 is 1. The SMILES string of the molecule is COc1ccc(-n2nc(C(=O)NCCCCN)c3c2C(=O)N(c2ccc(N4CCCCC4=O)cc2)CC3)cc1. The molecule has 10 nitrogen and oxygen atoms in total. The van der Waals surface area contributed by atoms with Gasteiger partial charge in [0, 0.05) is 43.0 Å². The van der Waals surface area contributed by atoms with Crippen LogP contribution < -0.4 is 25.6 Å². The van der Waals surface area contributed by atoms with Gasteiger partial charge in [0.2, 0.25) is 5.91 Å². The number of benzene rings is 2. The molecule has 2 aliphatic rings. The number of nitrogens with zero attached hydrogens (tertiary/aromatic N) is 4. The van der Waals surface area contributed by atoms with Crippen molar-refractivity contribution in [1.29, 1.82) is 0 Å². The van der Waals surface area contributed by atoms with Gasteiger partial charge in [0.15, 0.2) is 5.69 Å². The lowest BCUT2D eigenvalue weighted by Crippen LogP contribution is -2.39. The molecule has 0 atom stereocenters. The van der Waals surface area contributed by atoms with E-state index in [-0.39, 0.29) is 23.4 Å². The minimum Gasteiger partial charge on any atom is -0.497 e. The second kappa shape index (κ2) is 11.7. The van der Waals surface area contributed by atoms with E-state index in [0.717, 1.165) is 37.1 Å². The number of rotatable bonds is 9. The van der Waals surface area contributed by atoms with E-state index in [2.05, 4.69) is 10.4 Å². The van der Waals surface area contributed by atoms with Crippen LogP contribution in [0.15, 0.2) is 48.5 Å². The second-order valence-electron chi connectivity index (χ2n) is 9.76. The molecule has 204 valence electrons. The average molecular weight is 531 g/mol. The largest absolute Gasteiger partial charge is 0.497 e. The molecule has 0 radical (unpaired) electrons. The van der Waals surface area contributed by atoms with Crippen LogP contribution in [0.4, 0.5) is 11.4 Å². The molecule has 0 spiro atoms. The minimum atomic E-state index is -0.299. The van der Waals surface area contributed by atoms with Gasteiger partial charge in [0.1, 0.15) is 11.4 Å². The molecule has 3 heterocycles. The maximum absolute atomic E-state index is 13.9. The highest BCUT2D eigenvalue weighted by Crippen LogP contribution is 2.31. The summed E-state index contributed by atoms with van der Waals surface area (Å²) in [6.07, 6.45) is 4.54. The minimum absolute atomic E-state index is 0.130. The maximum atomic E-state index is 13.9. The Bertz CT molecular complexity index is 1350. The van der Waals surface area contributed by atoms with Crippen molar-refractivity contribution in [2.24, 2.45) is 5.73 Å². The number of amides is 3. The summed E-state index contributed by atoms with van der Waals surface area (Å²) >= 11 is 0. The Hall–Kier alpha value is -4.18. The molecule has 2 aromatic carbocycles. The van der Waals surface area contributed by atoms with Gasteiger partial charge in [-0.15, -0.1) is 0 Å². The predicted octanol–water partition coefficient (Wildman–Crippen LogP) is 3.07. The van der Waals surface area contributed by atoms with Crippen molar-refractivity contribution in [3.8, 4) is 11.4 Å². The van der Waals surface area contributed by atoms with Crippen molar-refractivity contribution in [2.75, 3.05) is 43.1 Å². The molecule has 5 rings (SSSR count). The number of unbranched alkanes of at least 4 members (excludes halogenated alkanes) is 1. The summed E-state index contributed by atoms with van der Waals surface area (Å²) in [5.41, 5.74) is 9.06. The smallest absolute Gasteiger partial charge is 0.277 e. The standard InChI is InChI=1S/C29H34N6O4/c1-39-23-13-11-22(12-14-23)35-27-24(26(32-35)28(37)31-17-4-3-16-30)15-19-34(29(27)38)21-9-7-20(8-10-21)33-18-5-2-6-25(33)36/h7-14H,2-6,15-19,30H2,1H3,(H,31,37). The molecule has 1 aromatic heterocycles. The predicted molar refractivity (Wildman–Crippen MR) is 149 cm³/mol. The number of hydrogen-bond acceptors (Lipinski definition) is 6. The second-order valence-corrected chi connectivity index (χ2v) is 9.76. The van der Waals surface area contributed by atoms with Crippen LogP contribution in [0, 0.1) is 0 Å². The van der Waals surface area contributed by atoms with Crippen LogP contribution in [-0.4, -0.2) is 60.8 Å². The Balaban J connectivity index is 1.46. The topological polar surface area (TPSA) is 123 Å². The molecule has 0 unspecified atom stereocenters. The van der Waals surface area contributed by atoms with Gasteiger partial charge < -0.3 is 25.6 Å². The van der Waals surface area contributed by atoms with E-state index in [4.69, 9.17) is 10.5 Å². The van der Waals surface area contributed by atoms with Crippen molar-refractivity contribution in [3.05, 3.63) is 65.5 Å². The summed E-state index contributed by atoms with van der Waals surface area (Å²) in [6.45, 7) is 2.18. The Morgan fingerprint density at radius 2 is 1.62 bits per heavy atom. The van der Waals surface area contributed by atoms with E-state index >= 15 is 0 Å². The molecular weight excluding hydrogens is 496 g/mol. The van der Waals surface area contributed by atoms with Crippen LogP contribution in [0.2, 0.25) is 0 Å². The molecule has 39 heavy (non-hydrogen) atoms. The van der Waals surface area contributed by atoms with Crippen LogP contribution in [-0.2, 0) is 11.2 Å². The van der Waals surface area contributed by atoms with Crippen LogP contribution >= 0.6 is 0 Å². The third-order valence-corrected chi connectivity index (χ3v) is 7.26. The van der Waals surface area contributed by atoms with Gasteiger partial charge in [-0.2, -0.15) is 5.10 Å². The molecule has 3 amide bonds. The summed E-state index contributed by atoms with van der Waals surface area (Å²) in [5, 5.41) is 7.54. The number of carbonyl (C=O) groups excluding carboxylic acids is 3. The first-order valence-electron chi connectivity index (χ1n) is 13.5. The maximum Gasteiger partial charge on any atom is 0.277 e. The fraction of sp³-hybridized carbons (Fsp3) is 0.379. The first-order valence-corrected chi connectivity index (χ1v) is 13.5. The van der Waals surface area contributed by atoms with Crippen LogP contribution in [0.25, 0.3) is 5.69 Å². The highest BCUT2D eigenvalue weighted by atomic mass is 16.5. The number of fused-ring (bicyclic) bond motifs is 1. The highest BCUT2D eigenvalue weighted by Gasteiger charge is 2.35. The lowest BCUT2D eigenvalue weighted by atomic mass is 10.0. The Labute approximate surface area is 227 Å². The number of hydrogen-bond donors (Lipinski definition) is 2. The molecule has 3 aromatic rings. The van der Waals surface area contributed by atoms with Crippen molar-refractivity contribution >= 4 is 29.1 Å². The van der Waals surface area contributed by atoms with Gasteiger partial charge in [-0.3, -0.25) is 14.4 Å². The Kier molecular flexibility index (Phi) is 7.92. The van der Waals surface area contributed by atoms with E-state index < -0.39 is 0 Å². The van der Waals surface area contributed by atoms with Gasteiger partial charge in [0.05, 0.1) is 12.8 Å². The number of piperidine rings is 1. The first-order chi connectivity index (χ1) is 19.0.